The molecular formula is C22H27NO4. The van der Waals surface area contributed by atoms with E-state index in [1.165, 1.54) is 14.0 Å². The van der Waals surface area contributed by atoms with Crippen LogP contribution in [0.3, 0.4) is 0 Å². The number of hydrogen-bond acceptors (Lipinski definition) is 4. The van der Waals surface area contributed by atoms with Crippen LogP contribution in [0.2, 0.25) is 0 Å². The molecule has 5 nitrogen and oxygen atoms in total. The highest BCUT2D eigenvalue weighted by molar-refractivity contribution is 5.94. The first kappa shape index (κ1) is 20.5. The molecular weight excluding hydrogens is 342 g/mol. The standard InChI is InChI=1S/C22H27NO4/c1-15-11-16(2)13-19(12-15)23(4)22(25)7-6-10-27-20-9-8-18(17(3)24)14-21(20)26-5/h8-9,11-14H,6-7,10H2,1-5H3. The second-order valence-corrected chi connectivity index (χ2v) is 6.67. The zero-order valence-corrected chi connectivity index (χ0v) is 16.7. The first-order valence-electron chi connectivity index (χ1n) is 8.98. The minimum absolute atomic E-state index is 0.0279. The number of Topliss-reactive ketones (excluding diaryl/α,β-unsaturated/α-hetero) is 1. The van der Waals surface area contributed by atoms with Crippen molar-refractivity contribution in [3.05, 3.63) is 53.1 Å². The Balaban J connectivity index is 1.89. The van der Waals surface area contributed by atoms with E-state index in [9.17, 15) is 9.59 Å². The lowest BCUT2D eigenvalue weighted by Gasteiger charge is -2.19. The van der Waals surface area contributed by atoms with Crippen LogP contribution in [0.15, 0.2) is 36.4 Å². The van der Waals surface area contributed by atoms with Crippen molar-refractivity contribution in [2.75, 3.05) is 25.7 Å². The number of hydrogen-bond donors (Lipinski definition) is 0. The maximum atomic E-state index is 12.4. The summed E-state index contributed by atoms with van der Waals surface area (Å²) in [4.78, 5) is 25.6. The molecule has 5 heteroatoms. The van der Waals surface area contributed by atoms with Crippen molar-refractivity contribution in [1.29, 1.82) is 0 Å². The Morgan fingerprint density at radius 3 is 2.26 bits per heavy atom. The number of methoxy groups -OCH3 is 1. The molecule has 1 amide bonds. The lowest BCUT2D eigenvalue weighted by atomic mass is 10.1. The molecule has 0 spiro atoms. The van der Waals surface area contributed by atoms with Crippen molar-refractivity contribution in [3.63, 3.8) is 0 Å². The van der Waals surface area contributed by atoms with Gasteiger partial charge < -0.3 is 14.4 Å². The summed E-state index contributed by atoms with van der Waals surface area (Å²) in [7, 11) is 3.33. The quantitative estimate of drug-likeness (QED) is 0.513. The van der Waals surface area contributed by atoms with Gasteiger partial charge in [-0.15, -0.1) is 0 Å². The Kier molecular flexibility index (Phi) is 6.99. The largest absolute Gasteiger partial charge is 0.493 e. The van der Waals surface area contributed by atoms with Crippen LogP contribution in [0.1, 0.15) is 41.3 Å². The topological polar surface area (TPSA) is 55.8 Å². The minimum Gasteiger partial charge on any atom is -0.493 e. The molecule has 0 saturated carbocycles. The molecule has 0 atom stereocenters. The second kappa shape index (κ2) is 9.21. The van der Waals surface area contributed by atoms with E-state index in [-0.39, 0.29) is 11.7 Å². The fraction of sp³-hybridized carbons (Fsp3) is 0.364. The van der Waals surface area contributed by atoms with Crippen LogP contribution in [0.25, 0.3) is 0 Å². The van der Waals surface area contributed by atoms with Crippen LogP contribution in [0.4, 0.5) is 5.69 Å². The molecule has 27 heavy (non-hydrogen) atoms. The number of aryl methyl sites for hydroxylation is 2. The third kappa shape index (κ3) is 5.58. The molecule has 2 aromatic rings. The molecule has 2 aromatic carbocycles. The Labute approximate surface area is 160 Å². The predicted molar refractivity (Wildman–Crippen MR) is 107 cm³/mol. The third-order valence-electron chi connectivity index (χ3n) is 4.33. The van der Waals surface area contributed by atoms with Gasteiger partial charge in [-0.2, -0.15) is 0 Å². The molecule has 0 fully saturated rings. The molecule has 0 aliphatic heterocycles. The van der Waals surface area contributed by atoms with Crippen LogP contribution in [-0.2, 0) is 4.79 Å². The van der Waals surface area contributed by atoms with E-state index in [0.717, 1.165) is 16.8 Å². The first-order chi connectivity index (χ1) is 12.8. The number of carbonyl (C=O) groups is 2. The van der Waals surface area contributed by atoms with Gasteiger partial charge in [0, 0.05) is 24.7 Å². The highest BCUT2D eigenvalue weighted by Crippen LogP contribution is 2.28. The molecule has 0 aliphatic carbocycles. The van der Waals surface area contributed by atoms with Gasteiger partial charge in [-0.1, -0.05) is 6.07 Å². The summed E-state index contributed by atoms with van der Waals surface area (Å²) in [6, 6.07) is 11.2. The number of nitrogens with zero attached hydrogens (tertiary/aromatic N) is 1. The van der Waals surface area contributed by atoms with E-state index in [2.05, 4.69) is 6.07 Å². The van der Waals surface area contributed by atoms with E-state index in [1.807, 2.05) is 26.0 Å². The minimum atomic E-state index is -0.0279. The highest BCUT2D eigenvalue weighted by atomic mass is 16.5. The van der Waals surface area contributed by atoms with E-state index >= 15 is 0 Å². The van der Waals surface area contributed by atoms with Gasteiger partial charge >= 0.3 is 0 Å². The number of carbonyl (C=O) groups excluding carboxylic acids is 2. The zero-order valence-electron chi connectivity index (χ0n) is 16.7. The lowest BCUT2D eigenvalue weighted by molar-refractivity contribution is -0.118. The molecule has 0 saturated heterocycles. The number of benzene rings is 2. The van der Waals surface area contributed by atoms with Gasteiger partial charge in [0.25, 0.3) is 0 Å². The normalized spacial score (nSPS) is 10.4. The molecule has 0 unspecified atom stereocenters. The van der Waals surface area contributed by atoms with Gasteiger partial charge in [0.2, 0.25) is 5.91 Å². The summed E-state index contributed by atoms with van der Waals surface area (Å²) in [5.74, 6) is 1.10. The van der Waals surface area contributed by atoms with Crippen molar-refractivity contribution in [2.24, 2.45) is 0 Å². The summed E-state index contributed by atoms with van der Waals surface area (Å²) >= 11 is 0. The number of rotatable bonds is 8. The van der Waals surface area contributed by atoms with Crippen LogP contribution in [0.5, 0.6) is 11.5 Å². The van der Waals surface area contributed by atoms with E-state index in [4.69, 9.17) is 9.47 Å². The fourth-order valence-electron chi connectivity index (χ4n) is 2.87. The van der Waals surface area contributed by atoms with Gasteiger partial charge in [-0.05, 0) is 68.7 Å². The zero-order chi connectivity index (χ0) is 20.0. The van der Waals surface area contributed by atoms with Crippen LogP contribution < -0.4 is 14.4 Å². The maximum absolute atomic E-state index is 12.4. The summed E-state index contributed by atoms with van der Waals surface area (Å²) in [5, 5.41) is 0. The van der Waals surface area contributed by atoms with Gasteiger partial charge in [-0.3, -0.25) is 9.59 Å². The summed E-state index contributed by atoms with van der Waals surface area (Å²) in [5.41, 5.74) is 3.74. The molecule has 144 valence electrons. The Morgan fingerprint density at radius 2 is 1.67 bits per heavy atom. The number of ether oxygens (including phenoxy) is 2. The smallest absolute Gasteiger partial charge is 0.226 e. The highest BCUT2D eigenvalue weighted by Gasteiger charge is 2.12. The van der Waals surface area contributed by atoms with Crippen molar-refractivity contribution in [1.82, 2.24) is 0 Å². The lowest BCUT2D eigenvalue weighted by Crippen LogP contribution is -2.26. The first-order valence-corrected chi connectivity index (χ1v) is 8.98. The molecule has 0 heterocycles. The number of amides is 1. The van der Waals surface area contributed by atoms with Gasteiger partial charge in [0.1, 0.15) is 0 Å². The van der Waals surface area contributed by atoms with Crippen molar-refractivity contribution < 1.29 is 19.1 Å². The van der Waals surface area contributed by atoms with Crippen molar-refractivity contribution in [3.8, 4) is 11.5 Å². The molecule has 0 aromatic heterocycles. The van der Waals surface area contributed by atoms with E-state index in [1.54, 1.807) is 30.1 Å². The predicted octanol–water partition coefficient (Wildman–Crippen LogP) is 4.34. The molecule has 2 rings (SSSR count). The Morgan fingerprint density at radius 1 is 1.00 bits per heavy atom. The summed E-state index contributed by atoms with van der Waals surface area (Å²) < 4.78 is 11.0. The van der Waals surface area contributed by atoms with E-state index < -0.39 is 0 Å². The van der Waals surface area contributed by atoms with Gasteiger partial charge in [-0.25, -0.2) is 0 Å². The Bertz CT molecular complexity index is 809. The van der Waals surface area contributed by atoms with Crippen LogP contribution >= 0.6 is 0 Å². The average molecular weight is 369 g/mol. The molecule has 0 radical (unpaired) electrons. The second-order valence-electron chi connectivity index (χ2n) is 6.67. The van der Waals surface area contributed by atoms with Crippen molar-refractivity contribution in [2.45, 2.75) is 33.6 Å². The van der Waals surface area contributed by atoms with E-state index in [0.29, 0.717) is 36.5 Å². The third-order valence-corrected chi connectivity index (χ3v) is 4.33. The Hall–Kier alpha value is -2.82. The van der Waals surface area contributed by atoms with Crippen molar-refractivity contribution >= 4 is 17.4 Å². The van der Waals surface area contributed by atoms with Crippen LogP contribution in [0, 0.1) is 13.8 Å². The number of ketones is 1. The van der Waals surface area contributed by atoms with Gasteiger partial charge in [0.05, 0.1) is 13.7 Å². The summed E-state index contributed by atoms with van der Waals surface area (Å²) in [6.45, 7) is 5.94. The van der Waals surface area contributed by atoms with Crippen LogP contribution in [-0.4, -0.2) is 32.5 Å². The monoisotopic (exact) mass is 369 g/mol. The molecule has 0 bridgehead atoms. The maximum Gasteiger partial charge on any atom is 0.226 e. The fourth-order valence-corrected chi connectivity index (χ4v) is 2.87. The molecule has 0 N–H and O–H groups in total. The average Bonchev–Trinajstić information content (AvgIpc) is 2.63. The van der Waals surface area contributed by atoms with Gasteiger partial charge in [0.15, 0.2) is 17.3 Å². The molecule has 0 aliphatic rings. The number of anilines is 1. The summed E-state index contributed by atoms with van der Waals surface area (Å²) in [6.07, 6.45) is 0.975. The SMILES string of the molecule is COc1cc(C(C)=O)ccc1OCCCC(=O)N(C)c1cc(C)cc(C)c1.